The van der Waals surface area contributed by atoms with Crippen molar-refractivity contribution in [2.45, 2.75) is 92.4 Å². The lowest BCUT2D eigenvalue weighted by Gasteiger charge is -2.32. The molecule has 9 rings (SSSR count). The summed E-state index contributed by atoms with van der Waals surface area (Å²) in [7, 11) is -3.69. The van der Waals surface area contributed by atoms with Gasteiger partial charge in [0.1, 0.15) is 67.9 Å². The Hall–Kier alpha value is -6.72. The summed E-state index contributed by atoms with van der Waals surface area (Å²) < 4.78 is 161. The summed E-state index contributed by atoms with van der Waals surface area (Å²) in [6, 6.07) is 6.37. The number of halogens is 6. The summed E-state index contributed by atoms with van der Waals surface area (Å²) in [5, 5.41) is 6.47. The second-order valence-electron chi connectivity index (χ2n) is 17.3. The van der Waals surface area contributed by atoms with Gasteiger partial charge in [-0.25, -0.2) is 29.1 Å². The Balaban J connectivity index is 1.10. The molecule has 4 aromatic heterocycles. The maximum absolute atomic E-state index is 15.8. The van der Waals surface area contributed by atoms with E-state index in [-0.39, 0.29) is 12.4 Å². The highest BCUT2D eigenvalue weighted by molar-refractivity contribution is 7.48. The number of nitrogens with zero attached hydrogens (tertiary/aromatic N) is 6. The molecule has 0 bridgehead atoms. The first kappa shape index (κ1) is 55.0. The number of imidazole rings is 1. The number of amides is 2. The van der Waals surface area contributed by atoms with E-state index in [1.807, 2.05) is 40.3 Å². The minimum atomic E-state index is -5.86. The molecule has 0 saturated carbocycles. The molecule has 416 valence electrons. The number of H-pyrrole nitrogens is 2. The molecule has 0 spiro atoms. The quantitative estimate of drug-likeness (QED) is 0.0547. The van der Waals surface area contributed by atoms with Crippen molar-refractivity contribution in [2.75, 3.05) is 46.1 Å². The Morgan fingerprint density at radius 1 is 0.701 bits per heavy atom. The number of anilines is 1. The third kappa shape index (κ3) is 11.8. The Morgan fingerprint density at radius 3 is 1.75 bits per heavy atom. The van der Waals surface area contributed by atoms with Crippen molar-refractivity contribution in [1.82, 2.24) is 49.3 Å². The number of carbonyl (C=O) groups excluding carboxylic acids is 2. The molecule has 5 aromatic rings. The summed E-state index contributed by atoms with van der Waals surface area (Å²) >= 11 is 0. The van der Waals surface area contributed by atoms with E-state index in [2.05, 4.69) is 20.3 Å². The van der Waals surface area contributed by atoms with Gasteiger partial charge in [0.25, 0.3) is 11.1 Å². The van der Waals surface area contributed by atoms with Gasteiger partial charge in [-0.15, -0.1) is 0 Å². The van der Waals surface area contributed by atoms with Crippen molar-refractivity contribution < 1.29 is 87.2 Å². The van der Waals surface area contributed by atoms with Crippen LogP contribution in [-0.4, -0.2) is 158 Å². The molecule has 4 saturated heterocycles. The fraction of sp³-hybridized carbons (Fsp3) is 0.500. The Bertz CT molecular complexity index is 3110. The Labute approximate surface area is 425 Å². The molecule has 4 fully saturated rings. The van der Waals surface area contributed by atoms with Crippen LogP contribution in [0.5, 0.6) is 0 Å². The molecular formula is C42H44F6N11O17P. The summed E-state index contributed by atoms with van der Waals surface area (Å²) in [6.45, 7) is -2.32. The van der Waals surface area contributed by atoms with Crippen LogP contribution in [0.1, 0.15) is 24.2 Å². The first-order chi connectivity index (χ1) is 36.7. The van der Waals surface area contributed by atoms with Crippen LogP contribution in [0.2, 0.25) is 0 Å². The van der Waals surface area contributed by atoms with E-state index in [9.17, 15) is 55.1 Å². The molecule has 35 heteroatoms. The normalized spacial score (nSPS) is 28.1. The Morgan fingerprint density at radius 2 is 1.23 bits per heavy atom. The number of carbonyl (C=O) groups is 2. The summed E-state index contributed by atoms with van der Waals surface area (Å²) in [5.74, 6) is -4.97. The van der Waals surface area contributed by atoms with Gasteiger partial charge in [0.2, 0.25) is 0 Å². The van der Waals surface area contributed by atoms with Crippen LogP contribution in [-0.2, 0) is 67.4 Å². The predicted molar refractivity (Wildman–Crippen MR) is 241 cm³/mol. The van der Waals surface area contributed by atoms with Crippen LogP contribution in [0.3, 0.4) is 0 Å². The number of rotatable bonds is 19. The topological polar surface area (TPSA) is 333 Å². The summed E-state index contributed by atoms with van der Waals surface area (Å²) in [4.78, 5) is 92.8. The van der Waals surface area contributed by atoms with E-state index in [0.717, 1.165) is 44.3 Å². The van der Waals surface area contributed by atoms with E-state index in [1.54, 1.807) is 10.6 Å². The number of benzene rings is 1. The first-order valence-corrected chi connectivity index (χ1v) is 24.2. The lowest BCUT2D eigenvalue weighted by molar-refractivity contribution is -0.175. The molecule has 77 heavy (non-hydrogen) atoms. The Kier molecular flexibility index (Phi) is 16.0. The van der Waals surface area contributed by atoms with Crippen LogP contribution in [0.25, 0.3) is 11.2 Å². The molecule has 4 aliphatic rings. The van der Waals surface area contributed by atoms with Crippen molar-refractivity contribution in [1.29, 1.82) is 0 Å². The van der Waals surface area contributed by atoms with Crippen LogP contribution in [0.4, 0.5) is 32.2 Å². The number of methoxy groups -OCH3 is 2. The lowest BCUT2D eigenvalue weighted by Crippen LogP contribution is -2.53. The molecule has 2 amide bonds. The van der Waals surface area contributed by atoms with Crippen molar-refractivity contribution in [3.05, 3.63) is 115 Å². The number of phosphoric ester groups is 1. The van der Waals surface area contributed by atoms with Crippen LogP contribution in [0.15, 0.2) is 86.7 Å². The van der Waals surface area contributed by atoms with Crippen molar-refractivity contribution in [3.63, 3.8) is 0 Å². The molecule has 12 atom stereocenters. The maximum Gasteiger partial charge on any atom is 0.475 e. The van der Waals surface area contributed by atoms with Crippen molar-refractivity contribution in [2.24, 2.45) is 0 Å². The van der Waals surface area contributed by atoms with Gasteiger partial charge in [-0.2, -0.15) is 26.3 Å². The van der Waals surface area contributed by atoms with Crippen LogP contribution in [0, 0.1) is 0 Å². The zero-order chi connectivity index (χ0) is 55.0. The molecule has 1 aromatic carbocycles. The summed E-state index contributed by atoms with van der Waals surface area (Å²) in [5.41, 5.74) is -3.03. The van der Waals surface area contributed by atoms with E-state index >= 15 is 4.57 Å². The molecule has 0 unspecified atom stereocenters. The van der Waals surface area contributed by atoms with E-state index in [4.69, 9.17) is 46.7 Å². The van der Waals surface area contributed by atoms with Gasteiger partial charge in [0.05, 0.1) is 26.1 Å². The number of aromatic nitrogens is 8. The standard InChI is InChI=1S/C42H44F6N11O17P/c1-67-13-20-28(25(55-37(62)41(43,44)45)34(72-20)57-10-8-23(60)53-39(57)64)75-77(66,76-29-21(14-68-2)73-35(26(29)56-38(63)42(46,47)48)58-11-9-24(61)54-40(58)65)71-15-22-30-31(70-18-69-30)36(74-22)59-17-52-27-32(50-16-51-33(27)59)49-12-19-6-4-3-5-7-19/h3-11,16-17,20-22,25-26,28-31,34-36H,12-15,18H2,1-2H3,(H,55,62)(H,56,63)(H,49,50,51)(H,53,60,64)(H,54,61,65)/t20-,21-,22-,25-,26-,28-,29-,30-,31-,34-,35-,36-/m1/s1. The maximum atomic E-state index is 15.8. The highest BCUT2D eigenvalue weighted by atomic mass is 31.2. The minimum absolute atomic E-state index is 0.232. The minimum Gasteiger partial charge on any atom is -0.382 e. The third-order valence-corrected chi connectivity index (χ3v) is 13.8. The molecule has 4 aliphatic heterocycles. The summed E-state index contributed by atoms with van der Waals surface area (Å²) in [6.07, 6.45) is -23.8. The average molecular weight is 1120 g/mol. The molecule has 28 nitrogen and oxygen atoms in total. The van der Waals surface area contributed by atoms with E-state index < -0.39 is 148 Å². The van der Waals surface area contributed by atoms with Crippen LogP contribution >= 0.6 is 7.82 Å². The largest absolute Gasteiger partial charge is 0.475 e. The lowest BCUT2D eigenvalue weighted by atomic mass is 10.1. The number of hydrogen-bond acceptors (Lipinski definition) is 21. The molecule has 8 heterocycles. The number of hydrogen-bond donors (Lipinski definition) is 5. The van der Waals surface area contributed by atoms with Gasteiger partial charge in [-0.1, -0.05) is 30.3 Å². The van der Waals surface area contributed by atoms with Gasteiger partial charge in [0.15, 0.2) is 35.7 Å². The molecular weight excluding hydrogens is 1080 g/mol. The third-order valence-electron chi connectivity index (χ3n) is 12.3. The van der Waals surface area contributed by atoms with Crippen molar-refractivity contribution >= 4 is 36.6 Å². The molecule has 0 radical (unpaired) electrons. The van der Waals surface area contributed by atoms with Gasteiger partial charge in [0, 0.05) is 45.3 Å². The smallest absolute Gasteiger partial charge is 0.382 e. The zero-order valence-corrected chi connectivity index (χ0v) is 40.5. The molecule has 0 aliphatic carbocycles. The second kappa shape index (κ2) is 22.3. The highest BCUT2D eigenvalue weighted by Crippen LogP contribution is 2.57. The number of aromatic amines is 2. The van der Waals surface area contributed by atoms with Gasteiger partial charge in [-0.3, -0.25) is 56.4 Å². The second-order valence-corrected chi connectivity index (χ2v) is 18.9. The van der Waals surface area contributed by atoms with Crippen LogP contribution < -0.4 is 38.4 Å². The zero-order valence-electron chi connectivity index (χ0n) is 39.7. The SMILES string of the molecule is COC[C@H]1O[C@@H](n2ccc(=O)[nH]c2=O)[C@H](NC(=O)C(F)(F)F)[C@@H]1OP(=O)(OC[C@H]1O[C@@H](n2cnc3c(NCc4ccccc4)ncnc32)[C@@H]2OCO[C@@H]21)O[C@H]1[C@@H](NC(=O)C(F)(F)F)[C@H](n2ccc(=O)[nH]c2=O)O[C@@H]1COC. The van der Waals surface area contributed by atoms with E-state index in [0.29, 0.717) is 27.0 Å². The van der Waals surface area contributed by atoms with E-state index in [1.165, 1.54) is 17.2 Å². The van der Waals surface area contributed by atoms with Gasteiger partial charge in [-0.05, 0) is 5.56 Å². The first-order valence-electron chi connectivity index (χ1n) is 22.8. The number of ether oxygens (including phenoxy) is 7. The number of alkyl halides is 6. The number of phosphoric acid groups is 1. The highest BCUT2D eigenvalue weighted by Gasteiger charge is 2.59. The monoisotopic (exact) mass is 1120 g/mol. The van der Waals surface area contributed by atoms with Gasteiger partial charge >= 0.3 is 43.4 Å². The van der Waals surface area contributed by atoms with Gasteiger partial charge < -0.3 is 49.1 Å². The fourth-order valence-corrected chi connectivity index (χ4v) is 10.6. The fourth-order valence-electron chi connectivity index (χ4n) is 8.98. The predicted octanol–water partition coefficient (Wildman–Crippen LogP) is 0.255. The molecule has 5 N–H and O–H groups in total. The number of fused-ring (bicyclic) bond motifs is 2. The van der Waals surface area contributed by atoms with Crippen molar-refractivity contribution in [3.8, 4) is 0 Å². The number of nitrogens with one attached hydrogen (secondary N) is 5. The average Bonchev–Trinajstić information content (AvgIpc) is 4.22.